The Morgan fingerprint density at radius 2 is 1.65 bits per heavy atom. The molecule has 0 aliphatic rings. The summed E-state index contributed by atoms with van der Waals surface area (Å²) in [5, 5.41) is 0. The summed E-state index contributed by atoms with van der Waals surface area (Å²) in [4.78, 5) is 24.6. The van der Waals surface area contributed by atoms with E-state index >= 15 is 0 Å². The van der Waals surface area contributed by atoms with Gasteiger partial charge in [0, 0.05) is 5.56 Å². The molecule has 0 saturated carbocycles. The van der Waals surface area contributed by atoms with Gasteiger partial charge in [0.2, 0.25) is 5.78 Å². The number of methoxy groups -OCH3 is 1. The van der Waals surface area contributed by atoms with Crippen LogP contribution in [0, 0.1) is 13.8 Å². The van der Waals surface area contributed by atoms with Crippen molar-refractivity contribution in [2.45, 2.75) is 26.9 Å². The Labute approximate surface area is 136 Å². The molecule has 0 radical (unpaired) electrons. The van der Waals surface area contributed by atoms with Gasteiger partial charge >= 0.3 is 5.97 Å². The largest absolute Gasteiger partial charge is 0.497 e. The van der Waals surface area contributed by atoms with Gasteiger partial charge in [0.1, 0.15) is 5.75 Å². The van der Waals surface area contributed by atoms with Crippen molar-refractivity contribution in [2.24, 2.45) is 0 Å². The average molecular weight is 312 g/mol. The van der Waals surface area contributed by atoms with Gasteiger partial charge in [-0.05, 0) is 56.7 Å². The van der Waals surface area contributed by atoms with Crippen LogP contribution in [0.3, 0.4) is 0 Å². The zero-order chi connectivity index (χ0) is 17.0. The number of aryl methyl sites for hydroxylation is 2. The highest BCUT2D eigenvalue weighted by atomic mass is 16.5. The molecule has 4 heteroatoms. The molecule has 23 heavy (non-hydrogen) atoms. The topological polar surface area (TPSA) is 52.6 Å². The average Bonchev–Trinajstić information content (AvgIpc) is 2.54. The maximum absolute atomic E-state index is 12.3. The zero-order valence-corrected chi connectivity index (χ0v) is 13.8. The molecule has 120 valence electrons. The van der Waals surface area contributed by atoms with Gasteiger partial charge in [0.05, 0.1) is 12.7 Å². The SMILES string of the molecule is COc1ccc(C(=O)[C@H](C)OC(=O)c2ccc(C)cc2C)cc1. The van der Waals surface area contributed by atoms with Gasteiger partial charge in [-0.1, -0.05) is 17.7 Å². The molecule has 0 aliphatic heterocycles. The predicted molar refractivity (Wildman–Crippen MR) is 88.1 cm³/mol. The number of ether oxygens (including phenoxy) is 2. The van der Waals surface area contributed by atoms with Crippen molar-refractivity contribution in [3.63, 3.8) is 0 Å². The van der Waals surface area contributed by atoms with Crippen molar-refractivity contribution in [3.8, 4) is 5.75 Å². The van der Waals surface area contributed by atoms with Crippen molar-refractivity contribution >= 4 is 11.8 Å². The van der Waals surface area contributed by atoms with Crippen LogP contribution in [0.2, 0.25) is 0 Å². The first-order valence-electron chi connectivity index (χ1n) is 7.39. The molecule has 1 atom stereocenters. The lowest BCUT2D eigenvalue weighted by atomic mass is 10.1. The Bertz CT molecular complexity index is 717. The minimum Gasteiger partial charge on any atom is -0.497 e. The van der Waals surface area contributed by atoms with Crippen molar-refractivity contribution in [1.82, 2.24) is 0 Å². The van der Waals surface area contributed by atoms with Gasteiger partial charge < -0.3 is 9.47 Å². The summed E-state index contributed by atoms with van der Waals surface area (Å²) >= 11 is 0. The molecule has 0 spiro atoms. The number of hydrogen-bond donors (Lipinski definition) is 0. The third kappa shape index (κ3) is 3.97. The number of rotatable bonds is 5. The summed E-state index contributed by atoms with van der Waals surface area (Å²) in [6.07, 6.45) is -0.850. The second-order valence-corrected chi connectivity index (χ2v) is 5.46. The van der Waals surface area contributed by atoms with E-state index in [-0.39, 0.29) is 5.78 Å². The predicted octanol–water partition coefficient (Wildman–Crippen LogP) is 3.74. The first-order chi connectivity index (χ1) is 10.9. The molecule has 4 nitrogen and oxygen atoms in total. The van der Waals surface area contributed by atoms with Gasteiger partial charge in [-0.25, -0.2) is 4.79 Å². The van der Waals surface area contributed by atoms with Crippen LogP contribution in [-0.4, -0.2) is 25.0 Å². The molecule has 0 heterocycles. The first-order valence-corrected chi connectivity index (χ1v) is 7.39. The van der Waals surface area contributed by atoms with E-state index in [0.717, 1.165) is 11.1 Å². The van der Waals surface area contributed by atoms with Gasteiger partial charge in [-0.3, -0.25) is 4.79 Å². The lowest BCUT2D eigenvalue weighted by molar-refractivity contribution is 0.0318. The molecule has 2 rings (SSSR count). The van der Waals surface area contributed by atoms with E-state index in [1.807, 2.05) is 26.0 Å². The molecule has 0 bridgehead atoms. The lowest BCUT2D eigenvalue weighted by Gasteiger charge is -2.14. The van der Waals surface area contributed by atoms with E-state index in [9.17, 15) is 9.59 Å². The molecular weight excluding hydrogens is 292 g/mol. The van der Waals surface area contributed by atoms with Gasteiger partial charge in [-0.15, -0.1) is 0 Å². The second-order valence-electron chi connectivity index (χ2n) is 5.46. The van der Waals surface area contributed by atoms with Gasteiger partial charge in [0.25, 0.3) is 0 Å². The lowest BCUT2D eigenvalue weighted by Crippen LogP contribution is -2.24. The first kappa shape index (κ1) is 16.7. The van der Waals surface area contributed by atoms with Crippen LogP contribution < -0.4 is 4.74 Å². The van der Waals surface area contributed by atoms with E-state index in [2.05, 4.69) is 0 Å². The molecule has 0 aromatic heterocycles. The highest BCUT2D eigenvalue weighted by molar-refractivity contribution is 6.01. The molecule has 0 saturated heterocycles. The Hall–Kier alpha value is -2.62. The van der Waals surface area contributed by atoms with Crippen molar-refractivity contribution in [2.75, 3.05) is 7.11 Å². The molecular formula is C19H20O4. The smallest absolute Gasteiger partial charge is 0.339 e. The number of Topliss-reactive ketones (excluding diaryl/α,β-unsaturated/α-hetero) is 1. The quantitative estimate of drug-likeness (QED) is 0.623. The summed E-state index contributed by atoms with van der Waals surface area (Å²) in [5.41, 5.74) is 2.86. The standard InChI is InChI=1S/C19H20O4/c1-12-5-10-17(13(2)11-12)19(21)23-14(3)18(20)15-6-8-16(22-4)9-7-15/h5-11,14H,1-4H3/t14-/m0/s1. The third-order valence-electron chi connectivity index (χ3n) is 3.63. The minimum atomic E-state index is -0.850. The Morgan fingerprint density at radius 1 is 1.00 bits per heavy atom. The maximum Gasteiger partial charge on any atom is 0.339 e. The third-order valence-corrected chi connectivity index (χ3v) is 3.63. The minimum absolute atomic E-state index is 0.245. The Morgan fingerprint density at radius 3 is 2.22 bits per heavy atom. The Balaban J connectivity index is 2.09. The highest BCUT2D eigenvalue weighted by Crippen LogP contribution is 2.16. The normalized spacial score (nSPS) is 11.7. The summed E-state index contributed by atoms with van der Waals surface area (Å²) in [7, 11) is 1.56. The van der Waals surface area contributed by atoms with Crippen LogP contribution in [0.25, 0.3) is 0 Å². The molecule has 0 fully saturated rings. The fourth-order valence-corrected chi connectivity index (χ4v) is 2.31. The van der Waals surface area contributed by atoms with Crippen molar-refractivity contribution < 1.29 is 19.1 Å². The van der Waals surface area contributed by atoms with Crippen molar-refractivity contribution in [1.29, 1.82) is 0 Å². The fourth-order valence-electron chi connectivity index (χ4n) is 2.31. The highest BCUT2D eigenvalue weighted by Gasteiger charge is 2.21. The Kier molecular flexibility index (Phi) is 5.16. The van der Waals surface area contributed by atoms with E-state index in [0.29, 0.717) is 16.9 Å². The van der Waals surface area contributed by atoms with E-state index in [4.69, 9.17) is 9.47 Å². The van der Waals surface area contributed by atoms with Crippen LogP contribution in [0.1, 0.15) is 38.8 Å². The van der Waals surface area contributed by atoms with E-state index < -0.39 is 12.1 Å². The number of benzene rings is 2. The summed E-state index contributed by atoms with van der Waals surface area (Å²) in [6, 6.07) is 12.2. The van der Waals surface area contributed by atoms with Crippen LogP contribution in [-0.2, 0) is 4.74 Å². The maximum atomic E-state index is 12.3. The zero-order valence-electron chi connectivity index (χ0n) is 13.8. The van der Waals surface area contributed by atoms with Gasteiger partial charge in [0.15, 0.2) is 6.10 Å². The van der Waals surface area contributed by atoms with Crippen LogP contribution in [0.15, 0.2) is 42.5 Å². The second kappa shape index (κ2) is 7.09. The molecule has 0 unspecified atom stereocenters. The summed E-state index contributed by atoms with van der Waals surface area (Å²) in [6.45, 7) is 5.38. The monoisotopic (exact) mass is 312 g/mol. The summed E-state index contributed by atoms with van der Waals surface area (Å²) < 4.78 is 10.4. The van der Waals surface area contributed by atoms with Crippen LogP contribution in [0.5, 0.6) is 5.75 Å². The molecule has 0 N–H and O–H groups in total. The van der Waals surface area contributed by atoms with E-state index in [1.54, 1.807) is 44.4 Å². The van der Waals surface area contributed by atoms with Gasteiger partial charge in [-0.2, -0.15) is 0 Å². The number of hydrogen-bond acceptors (Lipinski definition) is 4. The number of carbonyl (C=O) groups is 2. The number of ketones is 1. The van der Waals surface area contributed by atoms with Crippen LogP contribution in [0.4, 0.5) is 0 Å². The fraction of sp³-hybridized carbons (Fsp3) is 0.263. The molecule has 2 aromatic carbocycles. The number of carbonyl (C=O) groups excluding carboxylic acids is 2. The summed E-state index contributed by atoms with van der Waals surface area (Å²) in [5.74, 6) is -0.0656. The van der Waals surface area contributed by atoms with E-state index in [1.165, 1.54) is 0 Å². The van der Waals surface area contributed by atoms with Crippen LogP contribution >= 0.6 is 0 Å². The molecule has 0 amide bonds. The number of esters is 1. The molecule has 0 aliphatic carbocycles. The van der Waals surface area contributed by atoms with Crippen molar-refractivity contribution in [3.05, 3.63) is 64.7 Å². The molecule has 2 aromatic rings.